The van der Waals surface area contributed by atoms with Crippen LogP contribution in [-0.2, 0) is 10.5 Å². The predicted octanol–water partition coefficient (Wildman–Crippen LogP) is 4.32. The van der Waals surface area contributed by atoms with E-state index in [1.807, 2.05) is 23.9 Å². The molecule has 1 aliphatic rings. The minimum absolute atomic E-state index is 0.143. The van der Waals surface area contributed by atoms with E-state index in [0.29, 0.717) is 16.5 Å². The van der Waals surface area contributed by atoms with Gasteiger partial charge in [0.1, 0.15) is 5.58 Å². The van der Waals surface area contributed by atoms with E-state index >= 15 is 0 Å². The van der Waals surface area contributed by atoms with Gasteiger partial charge in [-0.05, 0) is 30.5 Å². The predicted molar refractivity (Wildman–Crippen MR) is 95.0 cm³/mol. The maximum Gasteiger partial charge on any atom is 0.336 e. The molecule has 1 fully saturated rings. The van der Waals surface area contributed by atoms with Gasteiger partial charge in [0.2, 0.25) is 5.91 Å². The Morgan fingerprint density at radius 3 is 2.78 bits per heavy atom. The quantitative estimate of drug-likeness (QED) is 0.848. The second-order valence-electron chi connectivity index (χ2n) is 6.05. The first kappa shape index (κ1) is 16.1. The van der Waals surface area contributed by atoms with Gasteiger partial charge in [0, 0.05) is 41.1 Å². The number of rotatable bonds is 4. The van der Waals surface area contributed by atoms with Crippen LogP contribution in [0.5, 0.6) is 0 Å². The summed E-state index contributed by atoms with van der Waals surface area (Å²) in [5.74, 6) is 0.683. The zero-order chi connectivity index (χ0) is 16.2. The van der Waals surface area contributed by atoms with Crippen LogP contribution in [0.25, 0.3) is 11.0 Å². The van der Waals surface area contributed by atoms with E-state index in [1.165, 1.54) is 39.0 Å². The van der Waals surface area contributed by atoms with Crippen molar-refractivity contribution in [2.45, 2.75) is 50.0 Å². The highest BCUT2D eigenvalue weighted by Gasteiger charge is 2.15. The van der Waals surface area contributed by atoms with Gasteiger partial charge in [-0.3, -0.25) is 4.79 Å². The first-order chi connectivity index (χ1) is 11.1. The van der Waals surface area contributed by atoms with Gasteiger partial charge in [-0.15, -0.1) is 0 Å². The third kappa shape index (κ3) is 4.16. The van der Waals surface area contributed by atoms with E-state index < -0.39 is 0 Å². The van der Waals surface area contributed by atoms with Crippen molar-refractivity contribution in [2.75, 3.05) is 5.32 Å². The molecular formula is C18H21NO3S. The molecule has 122 valence electrons. The Kier molecular flexibility index (Phi) is 5.06. The van der Waals surface area contributed by atoms with Gasteiger partial charge >= 0.3 is 5.63 Å². The molecule has 1 aliphatic carbocycles. The average molecular weight is 331 g/mol. The molecule has 5 heteroatoms. The minimum Gasteiger partial charge on any atom is -0.423 e. The summed E-state index contributed by atoms with van der Waals surface area (Å²) >= 11 is 1.94. The van der Waals surface area contributed by atoms with E-state index in [2.05, 4.69) is 5.32 Å². The SMILES string of the molecule is CC(=O)Nc1ccc2c(CSC3CCCCC3)cc(=O)oc2c1. The molecule has 0 saturated heterocycles. The molecule has 1 heterocycles. The van der Waals surface area contributed by atoms with Crippen molar-refractivity contribution in [2.24, 2.45) is 0 Å². The summed E-state index contributed by atoms with van der Waals surface area (Å²) < 4.78 is 5.30. The van der Waals surface area contributed by atoms with Crippen LogP contribution in [0.15, 0.2) is 33.5 Å². The number of anilines is 1. The smallest absolute Gasteiger partial charge is 0.336 e. The van der Waals surface area contributed by atoms with Crippen molar-refractivity contribution in [1.29, 1.82) is 0 Å². The van der Waals surface area contributed by atoms with Crippen LogP contribution < -0.4 is 10.9 Å². The van der Waals surface area contributed by atoms with Crippen LogP contribution in [0.1, 0.15) is 44.6 Å². The lowest BCUT2D eigenvalue weighted by Gasteiger charge is -2.21. The van der Waals surface area contributed by atoms with Gasteiger partial charge < -0.3 is 9.73 Å². The van der Waals surface area contributed by atoms with Crippen LogP contribution in [0.4, 0.5) is 5.69 Å². The molecule has 0 spiro atoms. The fraction of sp³-hybridized carbons (Fsp3) is 0.444. The second kappa shape index (κ2) is 7.21. The van der Waals surface area contributed by atoms with Gasteiger partial charge in [0.25, 0.3) is 0 Å². The van der Waals surface area contributed by atoms with Crippen molar-refractivity contribution >= 4 is 34.3 Å². The van der Waals surface area contributed by atoms with E-state index in [0.717, 1.165) is 16.7 Å². The number of hydrogen-bond donors (Lipinski definition) is 1. The summed E-state index contributed by atoms with van der Waals surface area (Å²) in [7, 11) is 0. The first-order valence-corrected chi connectivity index (χ1v) is 9.13. The van der Waals surface area contributed by atoms with Crippen molar-refractivity contribution in [3.63, 3.8) is 0 Å². The Labute approximate surface area is 139 Å². The lowest BCUT2D eigenvalue weighted by Crippen LogP contribution is -2.09. The summed E-state index contributed by atoms with van der Waals surface area (Å²) in [6, 6.07) is 7.07. The summed E-state index contributed by atoms with van der Waals surface area (Å²) in [6.07, 6.45) is 6.53. The summed E-state index contributed by atoms with van der Waals surface area (Å²) in [4.78, 5) is 23.0. The second-order valence-corrected chi connectivity index (χ2v) is 7.34. The number of thioether (sulfide) groups is 1. The van der Waals surface area contributed by atoms with E-state index in [9.17, 15) is 9.59 Å². The molecule has 0 aliphatic heterocycles. The van der Waals surface area contributed by atoms with Gasteiger partial charge in [-0.2, -0.15) is 11.8 Å². The van der Waals surface area contributed by atoms with Crippen molar-refractivity contribution in [3.05, 3.63) is 40.2 Å². The summed E-state index contributed by atoms with van der Waals surface area (Å²) in [5.41, 5.74) is 1.85. The van der Waals surface area contributed by atoms with E-state index in [-0.39, 0.29) is 11.5 Å². The third-order valence-corrected chi connectivity index (χ3v) is 5.60. The Balaban J connectivity index is 1.84. The van der Waals surface area contributed by atoms with Crippen molar-refractivity contribution in [3.8, 4) is 0 Å². The minimum atomic E-state index is -0.336. The Morgan fingerprint density at radius 1 is 1.26 bits per heavy atom. The van der Waals surface area contributed by atoms with E-state index in [1.54, 1.807) is 12.1 Å². The molecule has 4 nitrogen and oxygen atoms in total. The Bertz CT molecular complexity index is 762. The number of carbonyl (C=O) groups excluding carboxylic acids is 1. The number of carbonyl (C=O) groups is 1. The lowest BCUT2D eigenvalue weighted by molar-refractivity contribution is -0.114. The number of amides is 1. The summed E-state index contributed by atoms with van der Waals surface area (Å²) in [6.45, 7) is 1.46. The van der Waals surface area contributed by atoms with Crippen LogP contribution >= 0.6 is 11.8 Å². The highest BCUT2D eigenvalue weighted by molar-refractivity contribution is 7.99. The number of benzene rings is 1. The average Bonchev–Trinajstić information content (AvgIpc) is 2.52. The highest BCUT2D eigenvalue weighted by Crippen LogP contribution is 2.32. The first-order valence-electron chi connectivity index (χ1n) is 8.08. The molecule has 23 heavy (non-hydrogen) atoms. The van der Waals surface area contributed by atoms with Crippen LogP contribution in [0.3, 0.4) is 0 Å². The Hall–Kier alpha value is -1.75. The normalized spacial score (nSPS) is 15.7. The molecule has 0 radical (unpaired) electrons. The maximum atomic E-state index is 11.8. The standard InChI is InChI=1S/C18H21NO3S/c1-12(20)19-14-7-8-16-13(9-18(21)22-17(16)10-14)11-23-15-5-3-2-4-6-15/h7-10,15H,2-6,11H2,1H3,(H,19,20). The highest BCUT2D eigenvalue weighted by atomic mass is 32.2. The molecule has 1 N–H and O–H groups in total. The van der Waals surface area contributed by atoms with Crippen molar-refractivity contribution < 1.29 is 9.21 Å². The number of nitrogens with one attached hydrogen (secondary N) is 1. The van der Waals surface area contributed by atoms with Gasteiger partial charge in [-0.1, -0.05) is 19.3 Å². The molecule has 2 aromatic rings. The van der Waals surface area contributed by atoms with Gasteiger partial charge in [-0.25, -0.2) is 4.79 Å². The molecule has 1 aromatic carbocycles. The molecule has 0 bridgehead atoms. The largest absolute Gasteiger partial charge is 0.423 e. The lowest BCUT2D eigenvalue weighted by atomic mass is 10.0. The van der Waals surface area contributed by atoms with Gasteiger partial charge in [0.05, 0.1) is 0 Å². The Morgan fingerprint density at radius 2 is 2.04 bits per heavy atom. The molecule has 0 unspecified atom stereocenters. The van der Waals surface area contributed by atoms with Crippen LogP contribution in [0, 0.1) is 0 Å². The zero-order valence-electron chi connectivity index (χ0n) is 13.3. The molecule has 1 amide bonds. The van der Waals surface area contributed by atoms with Crippen LogP contribution in [-0.4, -0.2) is 11.2 Å². The van der Waals surface area contributed by atoms with Gasteiger partial charge in [0.15, 0.2) is 0 Å². The monoisotopic (exact) mass is 331 g/mol. The summed E-state index contributed by atoms with van der Waals surface area (Å²) in [5, 5.41) is 4.36. The topological polar surface area (TPSA) is 59.3 Å². The van der Waals surface area contributed by atoms with E-state index in [4.69, 9.17) is 4.42 Å². The molecule has 3 rings (SSSR count). The molecule has 1 aromatic heterocycles. The van der Waals surface area contributed by atoms with Crippen molar-refractivity contribution in [1.82, 2.24) is 0 Å². The van der Waals surface area contributed by atoms with Crippen LogP contribution in [0.2, 0.25) is 0 Å². The zero-order valence-corrected chi connectivity index (χ0v) is 14.1. The molecule has 1 saturated carbocycles. The molecule has 0 atom stereocenters. The number of hydrogen-bond acceptors (Lipinski definition) is 4. The maximum absolute atomic E-state index is 11.8. The third-order valence-electron chi connectivity index (χ3n) is 4.18. The fourth-order valence-corrected chi connectivity index (χ4v) is 4.39. The number of fused-ring (bicyclic) bond motifs is 1. The fourth-order valence-electron chi connectivity index (χ4n) is 3.07. The molecular weight excluding hydrogens is 310 g/mol.